The Morgan fingerprint density at radius 1 is 0.778 bits per heavy atom. The van der Waals surface area contributed by atoms with Crippen molar-refractivity contribution in [2.75, 3.05) is 43.4 Å². The lowest BCUT2D eigenvalue weighted by Crippen LogP contribution is -2.45. The Hall–Kier alpha value is -3.48. The van der Waals surface area contributed by atoms with Crippen molar-refractivity contribution in [3.63, 3.8) is 0 Å². The molecule has 5 rings (SSSR count). The molecule has 1 aliphatic heterocycles. The van der Waals surface area contributed by atoms with E-state index in [0.717, 1.165) is 57.8 Å². The molecule has 186 valence electrons. The third kappa shape index (κ3) is 6.01. The molecule has 2 fully saturated rings. The molecule has 3 aromatic rings. The minimum absolute atomic E-state index is 0.0838. The lowest BCUT2D eigenvalue weighted by molar-refractivity contribution is -0.119. The number of carbonyl (C=O) groups excluding carboxylic acids is 2. The first-order chi connectivity index (χ1) is 17.6. The molecule has 1 N–H and O–H groups in total. The highest BCUT2D eigenvalue weighted by Crippen LogP contribution is 2.33. The van der Waals surface area contributed by atoms with Crippen molar-refractivity contribution in [3.05, 3.63) is 95.6 Å². The Bertz CT molecular complexity index is 1180. The van der Waals surface area contributed by atoms with Crippen LogP contribution in [0.5, 0.6) is 0 Å². The molecule has 2 amide bonds. The summed E-state index contributed by atoms with van der Waals surface area (Å²) in [5, 5.41) is 3.00. The van der Waals surface area contributed by atoms with E-state index in [2.05, 4.69) is 57.6 Å². The number of piperazine rings is 1. The van der Waals surface area contributed by atoms with E-state index in [4.69, 9.17) is 0 Å². The van der Waals surface area contributed by atoms with Gasteiger partial charge in [0.05, 0.1) is 11.3 Å². The topological polar surface area (TPSA) is 55.9 Å². The number of amides is 2. The summed E-state index contributed by atoms with van der Waals surface area (Å²) >= 11 is 0. The molecule has 2 aliphatic rings. The average Bonchev–Trinajstić information content (AvgIpc) is 3.76. The number of rotatable bonds is 8. The van der Waals surface area contributed by atoms with E-state index in [0.29, 0.717) is 11.3 Å². The third-order valence-corrected chi connectivity index (χ3v) is 7.10. The molecule has 0 spiro atoms. The van der Waals surface area contributed by atoms with Crippen LogP contribution in [0.2, 0.25) is 0 Å². The van der Waals surface area contributed by atoms with Crippen molar-refractivity contribution in [1.29, 1.82) is 0 Å². The van der Waals surface area contributed by atoms with Crippen LogP contribution < -0.4 is 10.2 Å². The highest BCUT2D eigenvalue weighted by atomic mass is 16.2. The molecule has 0 aromatic heterocycles. The third-order valence-electron chi connectivity index (χ3n) is 7.10. The minimum atomic E-state index is -0.205. The summed E-state index contributed by atoms with van der Waals surface area (Å²) < 4.78 is 0. The van der Waals surface area contributed by atoms with Gasteiger partial charge in [-0.25, -0.2) is 0 Å². The monoisotopic (exact) mass is 482 g/mol. The molecule has 36 heavy (non-hydrogen) atoms. The van der Waals surface area contributed by atoms with Crippen molar-refractivity contribution < 1.29 is 9.59 Å². The summed E-state index contributed by atoms with van der Waals surface area (Å²) in [5.74, 6) is -0.0191. The van der Waals surface area contributed by atoms with Crippen LogP contribution in [0.4, 0.5) is 11.4 Å². The summed E-state index contributed by atoms with van der Waals surface area (Å²) in [7, 11) is 1.75. The fraction of sp³-hybridized carbons (Fsp3) is 0.333. The first kappa shape index (κ1) is 24.2. The second kappa shape index (κ2) is 11.1. The molecule has 0 bridgehead atoms. The lowest BCUT2D eigenvalue weighted by atomic mass is 10.1. The Morgan fingerprint density at radius 3 is 1.94 bits per heavy atom. The Labute approximate surface area is 213 Å². The first-order valence-corrected chi connectivity index (χ1v) is 12.8. The molecule has 0 radical (unpaired) electrons. The SMILES string of the molecule is CN(C(=O)C1CC1)c1ccccc1C(=O)Nc1ccc(CN2CCN(Cc3ccccc3)CC2)cc1. The van der Waals surface area contributed by atoms with Gasteiger partial charge in [0.2, 0.25) is 5.91 Å². The predicted octanol–water partition coefficient (Wildman–Crippen LogP) is 4.63. The maximum Gasteiger partial charge on any atom is 0.257 e. The zero-order valence-electron chi connectivity index (χ0n) is 20.9. The molecule has 1 saturated carbocycles. The van der Waals surface area contributed by atoms with E-state index in [9.17, 15) is 9.59 Å². The highest BCUT2D eigenvalue weighted by molar-refractivity contribution is 6.10. The molecule has 1 heterocycles. The summed E-state index contributed by atoms with van der Waals surface area (Å²) in [6.07, 6.45) is 1.88. The molecular weight excluding hydrogens is 448 g/mol. The number of hydrogen-bond donors (Lipinski definition) is 1. The van der Waals surface area contributed by atoms with Crippen LogP contribution >= 0.6 is 0 Å². The van der Waals surface area contributed by atoms with Crippen LogP contribution in [0.25, 0.3) is 0 Å². The summed E-state index contributed by atoms with van der Waals surface area (Å²) in [6, 6.07) is 26.0. The number of nitrogens with one attached hydrogen (secondary N) is 1. The van der Waals surface area contributed by atoms with Gasteiger partial charge in [-0.3, -0.25) is 19.4 Å². The van der Waals surface area contributed by atoms with E-state index < -0.39 is 0 Å². The smallest absolute Gasteiger partial charge is 0.257 e. The van der Waals surface area contributed by atoms with Crippen molar-refractivity contribution in [3.8, 4) is 0 Å². The van der Waals surface area contributed by atoms with Crippen LogP contribution in [-0.4, -0.2) is 54.8 Å². The van der Waals surface area contributed by atoms with Crippen LogP contribution in [-0.2, 0) is 17.9 Å². The number of para-hydroxylation sites is 1. The molecule has 1 saturated heterocycles. The Kier molecular flexibility index (Phi) is 7.44. The standard InChI is InChI=1S/C30H34N4O2/c1-32(30(36)25-13-14-25)28-10-6-5-9-27(28)29(35)31-26-15-11-24(12-16-26)22-34-19-17-33(18-20-34)21-23-7-3-2-4-8-23/h2-12,15-16,25H,13-14,17-22H2,1H3,(H,31,35). The van der Waals surface area contributed by atoms with E-state index in [1.165, 1.54) is 11.1 Å². The maximum absolute atomic E-state index is 13.0. The summed E-state index contributed by atoms with van der Waals surface area (Å²) in [5.41, 5.74) is 4.51. The van der Waals surface area contributed by atoms with Gasteiger partial charge in [-0.1, -0.05) is 54.6 Å². The van der Waals surface area contributed by atoms with Crippen LogP contribution in [0, 0.1) is 5.92 Å². The van der Waals surface area contributed by atoms with Crippen molar-refractivity contribution in [2.45, 2.75) is 25.9 Å². The Balaban J connectivity index is 1.14. The first-order valence-electron chi connectivity index (χ1n) is 12.8. The number of nitrogens with zero attached hydrogens (tertiary/aromatic N) is 3. The second-order valence-electron chi connectivity index (χ2n) is 9.88. The lowest BCUT2D eigenvalue weighted by Gasteiger charge is -2.34. The van der Waals surface area contributed by atoms with Gasteiger partial charge in [-0.15, -0.1) is 0 Å². The van der Waals surface area contributed by atoms with Gasteiger partial charge in [0, 0.05) is 57.9 Å². The fourth-order valence-corrected chi connectivity index (χ4v) is 4.78. The van der Waals surface area contributed by atoms with E-state index in [1.807, 2.05) is 30.3 Å². The predicted molar refractivity (Wildman–Crippen MR) is 144 cm³/mol. The fourth-order valence-electron chi connectivity index (χ4n) is 4.78. The second-order valence-corrected chi connectivity index (χ2v) is 9.88. The van der Waals surface area contributed by atoms with Gasteiger partial charge in [0.25, 0.3) is 5.91 Å². The summed E-state index contributed by atoms with van der Waals surface area (Å²) in [4.78, 5) is 32.2. The van der Waals surface area contributed by atoms with E-state index in [1.54, 1.807) is 18.0 Å². The van der Waals surface area contributed by atoms with E-state index >= 15 is 0 Å². The molecular formula is C30H34N4O2. The van der Waals surface area contributed by atoms with E-state index in [-0.39, 0.29) is 17.7 Å². The highest BCUT2D eigenvalue weighted by Gasteiger charge is 2.33. The molecule has 0 unspecified atom stereocenters. The van der Waals surface area contributed by atoms with Crippen molar-refractivity contribution >= 4 is 23.2 Å². The van der Waals surface area contributed by atoms with Gasteiger partial charge in [-0.2, -0.15) is 0 Å². The van der Waals surface area contributed by atoms with Gasteiger partial charge < -0.3 is 10.2 Å². The van der Waals surface area contributed by atoms with Crippen LogP contribution in [0.1, 0.15) is 34.3 Å². The quantitative estimate of drug-likeness (QED) is 0.509. The average molecular weight is 483 g/mol. The van der Waals surface area contributed by atoms with Crippen molar-refractivity contribution in [2.24, 2.45) is 5.92 Å². The van der Waals surface area contributed by atoms with Gasteiger partial charge in [-0.05, 0) is 48.2 Å². The number of carbonyl (C=O) groups is 2. The normalized spacial score (nSPS) is 16.5. The Morgan fingerprint density at radius 2 is 1.33 bits per heavy atom. The number of benzene rings is 3. The largest absolute Gasteiger partial charge is 0.322 e. The molecule has 6 nitrogen and oxygen atoms in total. The maximum atomic E-state index is 13.0. The van der Waals surface area contributed by atoms with Crippen LogP contribution in [0.3, 0.4) is 0 Å². The number of anilines is 2. The zero-order chi connectivity index (χ0) is 24.9. The molecule has 1 aliphatic carbocycles. The zero-order valence-corrected chi connectivity index (χ0v) is 20.9. The number of hydrogen-bond acceptors (Lipinski definition) is 4. The van der Waals surface area contributed by atoms with Gasteiger partial charge in [0.15, 0.2) is 0 Å². The minimum Gasteiger partial charge on any atom is -0.322 e. The van der Waals surface area contributed by atoms with Gasteiger partial charge >= 0.3 is 0 Å². The molecule has 0 atom stereocenters. The van der Waals surface area contributed by atoms with Crippen LogP contribution in [0.15, 0.2) is 78.9 Å². The molecule has 6 heteroatoms. The molecule has 3 aromatic carbocycles. The van der Waals surface area contributed by atoms with Crippen molar-refractivity contribution in [1.82, 2.24) is 9.80 Å². The summed E-state index contributed by atoms with van der Waals surface area (Å²) in [6.45, 7) is 6.16. The van der Waals surface area contributed by atoms with Gasteiger partial charge in [0.1, 0.15) is 0 Å².